The van der Waals surface area contributed by atoms with E-state index in [2.05, 4.69) is 31.9 Å². The third kappa shape index (κ3) is 0.752. The van der Waals surface area contributed by atoms with Gasteiger partial charge in [-0.05, 0) is 36.0 Å². The maximum absolute atomic E-state index is 11.5. The van der Waals surface area contributed by atoms with Gasteiger partial charge in [0.05, 0.1) is 4.83 Å². The number of hydrogen-bond acceptors (Lipinski definition) is 2. The van der Waals surface area contributed by atoms with Crippen LogP contribution >= 0.6 is 31.9 Å². The molecule has 0 saturated heterocycles. The highest BCUT2D eigenvalue weighted by molar-refractivity contribution is 9.10. The summed E-state index contributed by atoms with van der Waals surface area (Å²) in [7, 11) is 0. The van der Waals surface area contributed by atoms with E-state index < -0.39 is 0 Å². The van der Waals surface area contributed by atoms with Crippen LogP contribution in [0.2, 0.25) is 0 Å². The molecule has 17 heavy (non-hydrogen) atoms. The van der Waals surface area contributed by atoms with E-state index >= 15 is 0 Å². The molecule has 10 atom stereocenters. The number of alkyl halides is 2. The lowest BCUT2D eigenvalue weighted by atomic mass is 9.69. The van der Waals surface area contributed by atoms with Gasteiger partial charge >= 0.3 is 5.97 Å². The van der Waals surface area contributed by atoms with Gasteiger partial charge in [0, 0.05) is 23.6 Å². The van der Waals surface area contributed by atoms with Crippen LogP contribution in [0.3, 0.4) is 0 Å². The van der Waals surface area contributed by atoms with Crippen molar-refractivity contribution in [3.8, 4) is 0 Å². The Kier molecular flexibility index (Phi) is 1.60. The standard InChI is InChI=1S/C13H14Br2O2/c1-3(16)17-13-9-5-2-4-6(7(5)12(13)15)10(13)11(14)8(4)9/h4-12H,2H2,1H3/t4-,5+,6-,7-,8+,9+,10-,11-,12+,13+/m0/s1. The molecule has 6 fully saturated rings. The van der Waals surface area contributed by atoms with Crippen molar-refractivity contribution in [1.29, 1.82) is 0 Å². The van der Waals surface area contributed by atoms with Crippen LogP contribution in [0.25, 0.3) is 0 Å². The number of ether oxygens (including phenoxy) is 1. The predicted octanol–water partition coefficient (Wildman–Crippen LogP) is 2.59. The van der Waals surface area contributed by atoms with Crippen LogP contribution in [0.4, 0.5) is 0 Å². The highest BCUT2D eigenvalue weighted by atomic mass is 79.9. The van der Waals surface area contributed by atoms with Gasteiger partial charge in [-0.1, -0.05) is 31.9 Å². The second-order valence-corrected chi connectivity index (χ2v) is 8.68. The molecular formula is C13H14Br2O2. The molecule has 6 bridgehead atoms. The minimum atomic E-state index is -0.155. The van der Waals surface area contributed by atoms with Crippen molar-refractivity contribution in [1.82, 2.24) is 0 Å². The number of carbonyl (C=O) groups excluding carboxylic acids is 1. The van der Waals surface area contributed by atoms with E-state index in [0.29, 0.717) is 21.5 Å². The first-order chi connectivity index (χ1) is 8.09. The lowest BCUT2D eigenvalue weighted by molar-refractivity contribution is -0.167. The van der Waals surface area contributed by atoms with Gasteiger partial charge in [-0.15, -0.1) is 0 Å². The van der Waals surface area contributed by atoms with Crippen molar-refractivity contribution in [2.45, 2.75) is 28.6 Å². The normalized spacial score (nSPS) is 72.1. The molecule has 0 unspecified atom stereocenters. The van der Waals surface area contributed by atoms with Crippen LogP contribution in [0.15, 0.2) is 0 Å². The first-order valence-electron chi connectivity index (χ1n) is 6.56. The Balaban J connectivity index is 1.74. The van der Waals surface area contributed by atoms with Gasteiger partial charge in [0.2, 0.25) is 0 Å². The van der Waals surface area contributed by atoms with E-state index in [-0.39, 0.29) is 11.6 Å². The summed E-state index contributed by atoms with van der Waals surface area (Å²) in [6, 6.07) is 0. The molecule has 0 aromatic carbocycles. The van der Waals surface area contributed by atoms with Crippen molar-refractivity contribution in [2.75, 3.05) is 0 Å². The topological polar surface area (TPSA) is 26.3 Å². The fourth-order valence-electron chi connectivity index (χ4n) is 6.87. The highest BCUT2D eigenvalue weighted by Crippen LogP contribution is 2.86. The number of hydrogen-bond donors (Lipinski definition) is 0. The lowest BCUT2D eigenvalue weighted by Gasteiger charge is -2.41. The quantitative estimate of drug-likeness (QED) is 0.530. The molecule has 0 heterocycles. The molecule has 6 aliphatic carbocycles. The molecule has 6 rings (SSSR count). The monoisotopic (exact) mass is 360 g/mol. The van der Waals surface area contributed by atoms with Gasteiger partial charge in [-0.25, -0.2) is 0 Å². The molecule has 6 aliphatic rings. The molecule has 2 nitrogen and oxygen atoms in total. The summed E-state index contributed by atoms with van der Waals surface area (Å²) >= 11 is 7.83. The Hall–Kier alpha value is 0.430. The molecule has 0 radical (unpaired) electrons. The first kappa shape index (κ1) is 10.2. The fourth-order valence-corrected chi connectivity index (χ4v) is 9.81. The molecule has 0 amide bonds. The Morgan fingerprint density at radius 3 is 2.65 bits per heavy atom. The number of rotatable bonds is 1. The van der Waals surface area contributed by atoms with E-state index in [1.807, 2.05) is 0 Å². The molecule has 0 aromatic rings. The van der Waals surface area contributed by atoms with Gasteiger partial charge in [0.1, 0.15) is 5.60 Å². The largest absolute Gasteiger partial charge is 0.457 e. The molecule has 92 valence electrons. The minimum absolute atomic E-state index is 0.0924. The van der Waals surface area contributed by atoms with Gasteiger partial charge in [0.25, 0.3) is 0 Å². The molecule has 0 aliphatic heterocycles. The predicted molar refractivity (Wildman–Crippen MR) is 69.0 cm³/mol. The number of carbonyl (C=O) groups is 1. The van der Waals surface area contributed by atoms with E-state index in [4.69, 9.17) is 4.74 Å². The van der Waals surface area contributed by atoms with Crippen molar-refractivity contribution < 1.29 is 9.53 Å². The Morgan fingerprint density at radius 1 is 1.18 bits per heavy atom. The van der Waals surface area contributed by atoms with Gasteiger partial charge in [-0.3, -0.25) is 4.79 Å². The molecule has 4 heteroatoms. The summed E-state index contributed by atoms with van der Waals surface area (Å²) in [5, 5.41) is 0. The van der Waals surface area contributed by atoms with E-state index in [1.54, 1.807) is 6.92 Å². The van der Waals surface area contributed by atoms with Crippen LogP contribution in [-0.2, 0) is 9.53 Å². The average molecular weight is 362 g/mol. The lowest BCUT2D eigenvalue weighted by Crippen LogP contribution is -2.49. The van der Waals surface area contributed by atoms with Crippen molar-refractivity contribution in [3.63, 3.8) is 0 Å². The maximum atomic E-state index is 11.5. The Bertz CT molecular complexity index is 449. The molecule has 0 aromatic heterocycles. The summed E-state index contributed by atoms with van der Waals surface area (Å²) in [5.74, 6) is 5.28. The second kappa shape index (κ2) is 2.65. The highest BCUT2D eigenvalue weighted by Gasteiger charge is 2.90. The average Bonchev–Trinajstić information content (AvgIpc) is 2.93. The van der Waals surface area contributed by atoms with E-state index in [0.717, 1.165) is 29.6 Å². The number of esters is 1. The molecule has 6 saturated carbocycles. The summed E-state index contributed by atoms with van der Waals surface area (Å²) in [4.78, 5) is 12.6. The summed E-state index contributed by atoms with van der Waals surface area (Å²) in [6.07, 6.45) is 1.40. The van der Waals surface area contributed by atoms with Gasteiger partial charge in [0.15, 0.2) is 0 Å². The summed E-state index contributed by atoms with van der Waals surface area (Å²) in [6.45, 7) is 1.57. The zero-order chi connectivity index (χ0) is 11.7. The van der Waals surface area contributed by atoms with E-state index in [1.165, 1.54) is 6.42 Å². The first-order valence-corrected chi connectivity index (χ1v) is 8.40. The van der Waals surface area contributed by atoms with Gasteiger partial charge in [-0.2, -0.15) is 0 Å². The third-order valence-corrected chi connectivity index (χ3v) is 9.11. The van der Waals surface area contributed by atoms with Crippen LogP contribution in [0, 0.1) is 41.4 Å². The van der Waals surface area contributed by atoms with E-state index in [9.17, 15) is 4.79 Å². The van der Waals surface area contributed by atoms with Crippen LogP contribution in [-0.4, -0.2) is 21.2 Å². The minimum Gasteiger partial charge on any atom is -0.457 e. The van der Waals surface area contributed by atoms with Gasteiger partial charge < -0.3 is 4.74 Å². The zero-order valence-electron chi connectivity index (χ0n) is 9.48. The third-order valence-electron chi connectivity index (χ3n) is 6.60. The maximum Gasteiger partial charge on any atom is 0.303 e. The van der Waals surface area contributed by atoms with Crippen molar-refractivity contribution in [2.24, 2.45) is 41.4 Å². The smallest absolute Gasteiger partial charge is 0.303 e. The van der Waals surface area contributed by atoms with Crippen molar-refractivity contribution in [3.05, 3.63) is 0 Å². The number of halogens is 2. The van der Waals surface area contributed by atoms with Crippen LogP contribution < -0.4 is 0 Å². The zero-order valence-corrected chi connectivity index (χ0v) is 12.6. The van der Waals surface area contributed by atoms with Crippen molar-refractivity contribution >= 4 is 37.8 Å². The van der Waals surface area contributed by atoms with Crippen LogP contribution in [0.1, 0.15) is 13.3 Å². The second-order valence-electron chi connectivity index (χ2n) is 6.64. The summed E-state index contributed by atoms with van der Waals surface area (Å²) in [5.41, 5.74) is -0.155. The molecule has 0 N–H and O–H groups in total. The Morgan fingerprint density at radius 2 is 1.94 bits per heavy atom. The Labute approximate surface area is 117 Å². The molecule has 0 spiro atoms. The SMILES string of the molecule is CC(=O)O[C@]12[C@@H]3[C@@H](Br)[C@@H]4[C@H]5C[C@H]([C@@H]([C@H]53)[C@H]1Br)[C@H]42. The summed E-state index contributed by atoms with van der Waals surface area (Å²) < 4.78 is 5.94. The van der Waals surface area contributed by atoms with Crippen LogP contribution in [0.5, 0.6) is 0 Å². The fraction of sp³-hybridized carbons (Fsp3) is 0.923. The molecular weight excluding hydrogens is 348 g/mol.